The second kappa shape index (κ2) is 10.4. The molecule has 1 aliphatic rings. The molecule has 4 rings (SSSR count). The van der Waals surface area contributed by atoms with E-state index in [4.69, 9.17) is 9.47 Å². The first-order valence-corrected chi connectivity index (χ1v) is 11.5. The number of non-ortho nitro benzene ring substituents is 1. The minimum absolute atomic E-state index is 0.00946. The summed E-state index contributed by atoms with van der Waals surface area (Å²) in [6, 6.07) is 19.0. The number of aryl methyl sites for hydroxylation is 1. The van der Waals surface area contributed by atoms with Crippen LogP contribution in [-0.4, -0.2) is 28.1 Å². The smallest absolute Gasteiger partial charge is 0.293 e. The Morgan fingerprint density at radius 3 is 2.57 bits per heavy atom. The van der Waals surface area contributed by atoms with E-state index in [1.165, 1.54) is 24.1 Å². The van der Waals surface area contributed by atoms with Crippen LogP contribution in [0, 0.1) is 17.0 Å². The first-order valence-electron chi connectivity index (χ1n) is 10.7. The van der Waals surface area contributed by atoms with Gasteiger partial charge < -0.3 is 9.47 Å². The van der Waals surface area contributed by atoms with Crippen molar-refractivity contribution in [3.8, 4) is 11.5 Å². The Bertz CT molecular complexity index is 1340. The van der Waals surface area contributed by atoms with Gasteiger partial charge in [-0.3, -0.25) is 24.6 Å². The molecule has 0 atom stereocenters. The highest BCUT2D eigenvalue weighted by Crippen LogP contribution is 2.35. The van der Waals surface area contributed by atoms with Crippen molar-refractivity contribution in [3.63, 3.8) is 0 Å². The Balaban J connectivity index is 1.49. The SMILES string of the molecule is COc1cc(/C=C2\SC(=O)N(Cc3ccccc3C)C2=O)ccc1OCc1cccc([N+](=O)[O-])c1. The number of thioether (sulfide) groups is 1. The standard InChI is InChI=1S/C26H22N2O6S/c1-17-6-3-4-8-20(17)15-27-25(29)24(35-26(27)30)14-18-10-11-22(23(13-18)33-2)34-16-19-7-5-9-21(12-19)28(31)32/h3-14H,15-16H2,1-2H3/b24-14-. The van der Waals surface area contributed by atoms with E-state index in [9.17, 15) is 19.7 Å². The largest absolute Gasteiger partial charge is 0.493 e. The zero-order valence-electron chi connectivity index (χ0n) is 19.1. The molecule has 1 fully saturated rings. The topological polar surface area (TPSA) is 99.0 Å². The zero-order valence-corrected chi connectivity index (χ0v) is 19.9. The van der Waals surface area contributed by atoms with Crippen LogP contribution in [0.3, 0.4) is 0 Å². The molecule has 0 bridgehead atoms. The Kier molecular flexibility index (Phi) is 7.17. The normalized spacial score (nSPS) is 14.5. The number of ether oxygens (including phenoxy) is 2. The van der Waals surface area contributed by atoms with Crippen molar-refractivity contribution in [2.24, 2.45) is 0 Å². The molecular weight excluding hydrogens is 468 g/mol. The first kappa shape index (κ1) is 24.0. The molecule has 1 heterocycles. The van der Waals surface area contributed by atoms with E-state index in [1.807, 2.05) is 31.2 Å². The van der Waals surface area contributed by atoms with E-state index >= 15 is 0 Å². The number of rotatable bonds is 8. The fraction of sp³-hybridized carbons (Fsp3) is 0.154. The van der Waals surface area contributed by atoms with Gasteiger partial charge in [-0.05, 0) is 59.1 Å². The maximum atomic E-state index is 12.9. The lowest BCUT2D eigenvalue weighted by atomic mass is 10.1. The Morgan fingerprint density at radius 1 is 1.03 bits per heavy atom. The van der Waals surface area contributed by atoms with E-state index in [2.05, 4.69) is 0 Å². The van der Waals surface area contributed by atoms with Crippen LogP contribution in [0.2, 0.25) is 0 Å². The number of carbonyl (C=O) groups is 2. The van der Waals surface area contributed by atoms with Crippen molar-refractivity contribution < 1.29 is 24.0 Å². The Morgan fingerprint density at radius 2 is 1.83 bits per heavy atom. The molecule has 1 aliphatic heterocycles. The number of methoxy groups -OCH3 is 1. The summed E-state index contributed by atoms with van der Waals surface area (Å²) in [5.74, 6) is 0.542. The van der Waals surface area contributed by atoms with Crippen molar-refractivity contribution in [1.82, 2.24) is 4.90 Å². The molecule has 0 N–H and O–H groups in total. The summed E-state index contributed by atoms with van der Waals surface area (Å²) < 4.78 is 11.2. The van der Waals surface area contributed by atoms with Gasteiger partial charge in [0.2, 0.25) is 0 Å². The molecule has 0 aromatic heterocycles. The molecule has 0 saturated carbocycles. The maximum absolute atomic E-state index is 12.9. The predicted octanol–water partition coefficient (Wildman–Crippen LogP) is 5.73. The molecule has 0 radical (unpaired) electrons. The van der Waals surface area contributed by atoms with Gasteiger partial charge in [0, 0.05) is 12.1 Å². The second-order valence-corrected chi connectivity index (χ2v) is 8.81. The van der Waals surface area contributed by atoms with Gasteiger partial charge in [0.25, 0.3) is 16.8 Å². The molecule has 178 valence electrons. The molecular formula is C26H22N2O6S. The monoisotopic (exact) mass is 490 g/mol. The average Bonchev–Trinajstić information content (AvgIpc) is 3.11. The molecule has 2 amide bonds. The number of carbonyl (C=O) groups excluding carboxylic acids is 2. The van der Waals surface area contributed by atoms with Crippen molar-refractivity contribution in [3.05, 3.63) is 104 Å². The minimum Gasteiger partial charge on any atom is -0.493 e. The van der Waals surface area contributed by atoms with Gasteiger partial charge in [-0.15, -0.1) is 0 Å². The van der Waals surface area contributed by atoms with Crippen molar-refractivity contribution in [1.29, 1.82) is 0 Å². The predicted molar refractivity (Wildman–Crippen MR) is 133 cm³/mol. The summed E-state index contributed by atoms with van der Waals surface area (Å²) in [6.45, 7) is 2.29. The number of nitrogens with zero attached hydrogens (tertiary/aromatic N) is 2. The lowest BCUT2D eigenvalue weighted by Gasteiger charge is -2.14. The number of hydrogen-bond acceptors (Lipinski definition) is 7. The number of hydrogen-bond donors (Lipinski definition) is 0. The third-order valence-electron chi connectivity index (χ3n) is 5.46. The van der Waals surface area contributed by atoms with Crippen LogP contribution in [-0.2, 0) is 17.9 Å². The van der Waals surface area contributed by atoms with Gasteiger partial charge in [0.1, 0.15) is 6.61 Å². The van der Waals surface area contributed by atoms with Crippen LogP contribution in [0.25, 0.3) is 6.08 Å². The number of imide groups is 1. The maximum Gasteiger partial charge on any atom is 0.293 e. The molecule has 3 aromatic rings. The van der Waals surface area contributed by atoms with Crippen molar-refractivity contribution >= 4 is 34.7 Å². The summed E-state index contributed by atoms with van der Waals surface area (Å²) in [6.07, 6.45) is 1.65. The highest BCUT2D eigenvalue weighted by molar-refractivity contribution is 8.18. The molecule has 0 spiro atoms. The summed E-state index contributed by atoms with van der Waals surface area (Å²) in [5.41, 5.74) is 3.24. The fourth-order valence-corrected chi connectivity index (χ4v) is 4.40. The molecule has 1 saturated heterocycles. The third kappa shape index (κ3) is 5.52. The van der Waals surface area contributed by atoms with Crippen molar-refractivity contribution in [2.75, 3.05) is 7.11 Å². The number of benzene rings is 3. The summed E-state index contributed by atoms with van der Waals surface area (Å²) in [4.78, 5) is 37.5. The minimum atomic E-state index is -0.457. The summed E-state index contributed by atoms with van der Waals surface area (Å²) in [7, 11) is 1.50. The van der Waals surface area contributed by atoms with Crippen LogP contribution in [0.5, 0.6) is 11.5 Å². The Hall–Kier alpha value is -4.11. The van der Waals surface area contributed by atoms with Gasteiger partial charge in [0.15, 0.2) is 11.5 Å². The molecule has 35 heavy (non-hydrogen) atoms. The number of nitro benzene ring substituents is 1. The highest BCUT2D eigenvalue weighted by Gasteiger charge is 2.35. The van der Waals surface area contributed by atoms with Gasteiger partial charge in [-0.1, -0.05) is 42.5 Å². The quantitative estimate of drug-likeness (QED) is 0.226. The van der Waals surface area contributed by atoms with Gasteiger partial charge in [-0.25, -0.2) is 0 Å². The molecule has 8 nitrogen and oxygen atoms in total. The average molecular weight is 491 g/mol. The fourth-order valence-electron chi connectivity index (χ4n) is 3.56. The highest BCUT2D eigenvalue weighted by atomic mass is 32.2. The van der Waals surface area contributed by atoms with E-state index < -0.39 is 4.92 Å². The molecule has 3 aromatic carbocycles. The Labute approximate surface area is 206 Å². The zero-order chi connectivity index (χ0) is 24.9. The van der Waals surface area contributed by atoms with E-state index in [-0.39, 0.29) is 30.0 Å². The summed E-state index contributed by atoms with van der Waals surface area (Å²) in [5, 5.41) is 10.7. The molecule has 0 aliphatic carbocycles. The second-order valence-electron chi connectivity index (χ2n) is 7.82. The molecule has 9 heteroatoms. The van der Waals surface area contributed by atoms with Crippen LogP contribution >= 0.6 is 11.8 Å². The molecule has 0 unspecified atom stereocenters. The van der Waals surface area contributed by atoms with Gasteiger partial charge in [-0.2, -0.15) is 0 Å². The van der Waals surface area contributed by atoms with E-state index in [0.29, 0.717) is 27.5 Å². The van der Waals surface area contributed by atoms with Crippen LogP contribution in [0.4, 0.5) is 10.5 Å². The third-order valence-corrected chi connectivity index (χ3v) is 6.37. The lowest BCUT2D eigenvalue weighted by Crippen LogP contribution is -2.27. The summed E-state index contributed by atoms with van der Waals surface area (Å²) >= 11 is 0.902. The van der Waals surface area contributed by atoms with E-state index in [1.54, 1.807) is 36.4 Å². The van der Waals surface area contributed by atoms with Gasteiger partial charge in [0.05, 0.1) is 23.5 Å². The van der Waals surface area contributed by atoms with E-state index in [0.717, 1.165) is 22.9 Å². The first-order chi connectivity index (χ1) is 16.9. The van der Waals surface area contributed by atoms with Crippen LogP contribution in [0.1, 0.15) is 22.3 Å². The van der Waals surface area contributed by atoms with Crippen LogP contribution in [0.15, 0.2) is 71.6 Å². The lowest BCUT2D eigenvalue weighted by molar-refractivity contribution is -0.384. The van der Waals surface area contributed by atoms with Crippen LogP contribution < -0.4 is 9.47 Å². The van der Waals surface area contributed by atoms with Crippen molar-refractivity contribution in [2.45, 2.75) is 20.1 Å². The number of nitro groups is 1. The number of amides is 2. The van der Waals surface area contributed by atoms with Gasteiger partial charge >= 0.3 is 0 Å².